The summed E-state index contributed by atoms with van der Waals surface area (Å²) in [7, 11) is 0. The highest BCUT2D eigenvalue weighted by Crippen LogP contribution is 2.06. The Morgan fingerprint density at radius 2 is 1.09 bits per heavy atom. The summed E-state index contributed by atoms with van der Waals surface area (Å²) >= 11 is 0. The predicted molar refractivity (Wildman–Crippen MR) is 22.1 cm³/mol. The first-order chi connectivity index (χ1) is 4.73. The number of hydrogen-bond donors (Lipinski definition) is 1. The molecular formula is C3H3F6NO. The van der Waals surface area contributed by atoms with Gasteiger partial charge in [0.25, 0.3) is 0 Å². The molecule has 0 saturated carbocycles. The van der Waals surface area contributed by atoms with Crippen molar-refractivity contribution in [1.82, 2.24) is 0 Å². The van der Waals surface area contributed by atoms with Gasteiger partial charge in [0.15, 0.2) is 0 Å². The third kappa shape index (κ3) is 474. The fourth-order valence-electron chi connectivity index (χ4n) is 0. The highest BCUT2D eigenvalue weighted by Gasteiger charge is 2.20. The molecule has 0 atom stereocenters. The van der Waals surface area contributed by atoms with Gasteiger partial charge in [-0.15, -0.1) is 13.2 Å². The molecular weight excluding hydrogens is 180 g/mol. The summed E-state index contributed by atoms with van der Waals surface area (Å²) in [5.74, 6) is 0. The van der Waals surface area contributed by atoms with Crippen molar-refractivity contribution in [3.05, 3.63) is 0 Å². The molecule has 0 unspecified atom stereocenters. The number of rotatable bonds is 0. The lowest BCUT2D eigenvalue weighted by Gasteiger charge is -1.86. The maximum Gasteiger partial charge on any atom is 0.519 e. The van der Waals surface area contributed by atoms with Crippen LogP contribution in [0.25, 0.3) is 0 Å². The Labute approximate surface area is 57.7 Å². The van der Waals surface area contributed by atoms with E-state index >= 15 is 0 Å². The molecule has 0 aromatic heterocycles. The van der Waals surface area contributed by atoms with Crippen LogP contribution in [0.4, 0.5) is 26.3 Å². The number of aliphatic hydroxyl groups is 1. The van der Waals surface area contributed by atoms with Crippen molar-refractivity contribution in [2.45, 2.75) is 13.0 Å². The zero-order chi connectivity index (χ0) is 10.1. The van der Waals surface area contributed by atoms with Gasteiger partial charge in [-0.3, -0.25) is 0 Å². The minimum Gasteiger partial charge on any atom is -0.308 e. The summed E-state index contributed by atoms with van der Waals surface area (Å²) in [4.78, 5) is 0. The van der Waals surface area contributed by atoms with Crippen molar-refractivity contribution in [1.29, 1.82) is 5.26 Å². The molecule has 0 rings (SSSR count). The molecule has 2 nitrogen and oxygen atoms in total. The van der Waals surface area contributed by atoms with E-state index in [4.69, 9.17) is 10.4 Å². The van der Waals surface area contributed by atoms with Crippen molar-refractivity contribution in [3.63, 3.8) is 0 Å². The Morgan fingerprint density at radius 1 is 1.09 bits per heavy atom. The molecule has 0 saturated heterocycles. The molecule has 0 spiro atoms. The van der Waals surface area contributed by atoms with Crippen LogP contribution in [0.15, 0.2) is 0 Å². The largest absolute Gasteiger partial charge is 0.519 e. The van der Waals surface area contributed by atoms with E-state index in [2.05, 4.69) is 6.57 Å². The molecule has 0 fully saturated rings. The van der Waals surface area contributed by atoms with Gasteiger partial charge in [0.05, 0.1) is 0 Å². The zero-order valence-electron chi connectivity index (χ0n) is 4.82. The highest BCUT2D eigenvalue weighted by atomic mass is 19.4. The standard InChI is InChI=1S/CHF3O.CHF3.CHN/c2-1(3,4)5;2-1(3)4;1-2/h5H;1H;1H. The van der Waals surface area contributed by atoms with Crippen LogP contribution in [0.1, 0.15) is 0 Å². The van der Waals surface area contributed by atoms with Crippen molar-refractivity contribution in [2.24, 2.45) is 0 Å². The monoisotopic (exact) mass is 183 g/mol. The van der Waals surface area contributed by atoms with Crippen LogP contribution >= 0.6 is 0 Å². The summed E-state index contributed by atoms with van der Waals surface area (Å²) in [5.41, 5.74) is 0. The average molecular weight is 183 g/mol. The molecule has 0 aliphatic carbocycles. The van der Waals surface area contributed by atoms with E-state index in [0.717, 1.165) is 0 Å². The molecule has 8 heteroatoms. The Kier molecular flexibility index (Phi) is 13.6. The summed E-state index contributed by atoms with van der Waals surface area (Å²) in [6.07, 6.45) is -5.00. The second-order valence-electron chi connectivity index (χ2n) is 0.715. The number of nitriles is 1. The number of nitrogens with zero attached hydrogens (tertiary/aromatic N) is 1. The lowest BCUT2D eigenvalue weighted by atomic mass is 11.4. The first-order valence-corrected chi connectivity index (χ1v) is 1.70. The van der Waals surface area contributed by atoms with Crippen LogP contribution in [0.3, 0.4) is 0 Å². The normalized spacial score (nSPS) is 8.91. The molecule has 0 amide bonds. The minimum absolute atomic E-state index is 3.50. The van der Waals surface area contributed by atoms with Crippen molar-refractivity contribution in [3.8, 4) is 6.57 Å². The smallest absolute Gasteiger partial charge is 0.308 e. The lowest BCUT2D eigenvalue weighted by Crippen LogP contribution is -2.01. The summed E-state index contributed by atoms with van der Waals surface area (Å²) in [6.45, 7) is -0.167. The SMILES string of the molecule is C#N.FC(F)F.OC(F)(F)F. The fraction of sp³-hybridized carbons (Fsp3) is 0.667. The summed E-state index contributed by atoms with van der Waals surface area (Å²) < 4.78 is 58.7. The highest BCUT2D eigenvalue weighted by molar-refractivity contribution is 4.06. The third-order valence-electron chi connectivity index (χ3n) is 0. The molecule has 0 aromatic carbocycles. The molecule has 0 aliphatic rings. The summed E-state index contributed by atoms with van der Waals surface area (Å²) in [5, 5.41) is 13.0. The maximum atomic E-state index is 9.91. The van der Waals surface area contributed by atoms with Gasteiger partial charge >= 0.3 is 13.0 Å². The van der Waals surface area contributed by atoms with Gasteiger partial charge in [-0.25, -0.2) is 5.26 Å². The summed E-state index contributed by atoms with van der Waals surface area (Å²) in [6, 6.07) is 0. The van der Waals surface area contributed by atoms with E-state index in [-0.39, 0.29) is 0 Å². The second kappa shape index (κ2) is 9.03. The molecule has 0 radical (unpaired) electrons. The van der Waals surface area contributed by atoms with Crippen molar-refractivity contribution < 1.29 is 31.4 Å². The van der Waals surface area contributed by atoms with E-state index in [1.54, 1.807) is 0 Å². The van der Waals surface area contributed by atoms with E-state index in [0.29, 0.717) is 0 Å². The first kappa shape index (κ1) is 16.5. The van der Waals surface area contributed by atoms with E-state index < -0.39 is 13.0 Å². The molecule has 0 aliphatic heterocycles. The second-order valence-corrected chi connectivity index (χ2v) is 0.715. The number of alkyl halides is 6. The van der Waals surface area contributed by atoms with Crippen molar-refractivity contribution >= 4 is 0 Å². The Morgan fingerprint density at radius 3 is 1.09 bits per heavy atom. The number of hydrogen-bond acceptors (Lipinski definition) is 2. The van der Waals surface area contributed by atoms with Gasteiger partial charge in [-0.1, -0.05) is 0 Å². The van der Waals surface area contributed by atoms with Gasteiger partial charge in [-0.2, -0.15) is 13.2 Å². The van der Waals surface area contributed by atoms with E-state index in [9.17, 15) is 26.3 Å². The lowest BCUT2D eigenvalue weighted by molar-refractivity contribution is -0.295. The first-order valence-electron chi connectivity index (χ1n) is 1.70. The van der Waals surface area contributed by atoms with Crippen molar-refractivity contribution in [2.75, 3.05) is 0 Å². The maximum absolute atomic E-state index is 9.91. The minimum atomic E-state index is -5.00. The average Bonchev–Trinajstić information content (AvgIpc) is 1.63. The molecule has 0 heterocycles. The molecule has 68 valence electrons. The van der Waals surface area contributed by atoms with Crippen LogP contribution in [0.5, 0.6) is 0 Å². The van der Waals surface area contributed by atoms with Gasteiger partial charge in [0.2, 0.25) is 0 Å². The van der Waals surface area contributed by atoms with Crippen LogP contribution < -0.4 is 0 Å². The fourth-order valence-corrected chi connectivity index (χ4v) is 0. The quantitative estimate of drug-likeness (QED) is 0.582. The van der Waals surface area contributed by atoms with Gasteiger partial charge in [0.1, 0.15) is 0 Å². The van der Waals surface area contributed by atoms with Gasteiger partial charge in [-0.05, 0) is 0 Å². The van der Waals surface area contributed by atoms with Crippen LogP contribution in [0.2, 0.25) is 0 Å². The van der Waals surface area contributed by atoms with Gasteiger partial charge in [0, 0.05) is 6.57 Å². The molecule has 0 aromatic rings. The molecule has 0 bridgehead atoms. The molecule has 1 N–H and O–H groups in total. The van der Waals surface area contributed by atoms with Crippen LogP contribution in [0, 0.1) is 11.8 Å². The van der Waals surface area contributed by atoms with E-state index in [1.807, 2.05) is 0 Å². The zero-order valence-corrected chi connectivity index (χ0v) is 4.82. The number of halogens is 6. The van der Waals surface area contributed by atoms with Crippen LogP contribution in [-0.2, 0) is 0 Å². The van der Waals surface area contributed by atoms with Crippen LogP contribution in [-0.4, -0.2) is 18.1 Å². The third-order valence-corrected chi connectivity index (χ3v) is 0. The predicted octanol–water partition coefficient (Wildman–Crippen LogP) is 1.82. The van der Waals surface area contributed by atoms with E-state index in [1.165, 1.54) is 0 Å². The Bertz CT molecular complexity index is 78.8. The Balaban J connectivity index is -0.0000000965. The van der Waals surface area contributed by atoms with Gasteiger partial charge < -0.3 is 5.11 Å². The molecule has 11 heavy (non-hydrogen) atoms. The topological polar surface area (TPSA) is 44.0 Å². The Hall–Kier alpha value is -0.970.